The molecule has 1 aromatic heterocycles. The highest BCUT2D eigenvalue weighted by atomic mass is 16.2. The summed E-state index contributed by atoms with van der Waals surface area (Å²) in [5, 5.41) is 0. The molecule has 29 heavy (non-hydrogen) atoms. The molecule has 3 heterocycles. The highest BCUT2D eigenvalue weighted by molar-refractivity contribution is 5.89. The molecule has 152 valence electrons. The SMILES string of the molecule is Cc1cccc(N2CCN(C(=O)C3CC(=O)N(Cc4cccnc4)C3)CC2)c1C. The summed E-state index contributed by atoms with van der Waals surface area (Å²) < 4.78 is 0. The van der Waals surface area contributed by atoms with Crippen molar-refractivity contribution in [1.82, 2.24) is 14.8 Å². The van der Waals surface area contributed by atoms with Crippen molar-refractivity contribution in [3.63, 3.8) is 0 Å². The predicted molar refractivity (Wildman–Crippen MR) is 112 cm³/mol. The number of carbonyl (C=O) groups excluding carboxylic acids is 2. The summed E-state index contributed by atoms with van der Waals surface area (Å²) in [5.41, 5.74) is 4.85. The maximum atomic E-state index is 13.0. The van der Waals surface area contributed by atoms with Crippen molar-refractivity contribution in [3.05, 3.63) is 59.4 Å². The number of likely N-dealkylation sites (tertiary alicyclic amines) is 1. The van der Waals surface area contributed by atoms with Gasteiger partial charge in [-0.15, -0.1) is 0 Å². The third kappa shape index (κ3) is 4.11. The van der Waals surface area contributed by atoms with E-state index in [2.05, 4.69) is 41.9 Å². The normalized spacial score (nSPS) is 19.7. The molecule has 2 aromatic rings. The van der Waals surface area contributed by atoms with Crippen LogP contribution >= 0.6 is 0 Å². The van der Waals surface area contributed by atoms with E-state index in [4.69, 9.17) is 0 Å². The Labute approximate surface area is 172 Å². The number of pyridine rings is 1. The van der Waals surface area contributed by atoms with Gasteiger partial charge in [0.05, 0.1) is 5.92 Å². The van der Waals surface area contributed by atoms with Crippen molar-refractivity contribution in [2.45, 2.75) is 26.8 Å². The summed E-state index contributed by atoms with van der Waals surface area (Å²) in [6.45, 7) is 8.39. The van der Waals surface area contributed by atoms with Crippen LogP contribution in [0.5, 0.6) is 0 Å². The highest BCUT2D eigenvalue weighted by Crippen LogP contribution is 2.26. The first-order valence-corrected chi connectivity index (χ1v) is 10.3. The molecule has 2 saturated heterocycles. The van der Waals surface area contributed by atoms with Gasteiger partial charge < -0.3 is 14.7 Å². The van der Waals surface area contributed by atoms with E-state index in [9.17, 15) is 9.59 Å². The number of aryl methyl sites for hydroxylation is 1. The van der Waals surface area contributed by atoms with E-state index in [0.717, 1.165) is 18.7 Å². The Morgan fingerprint density at radius 1 is 1.10 bits per heavy atom. The molecule has 2 aliphatic heterocycles. The fraction of sp³-hybridized carbons (Fsp3) is 0.435. The van der Waals surface area contributed by atoms with Crippen molar-refractivity contribution in [1.29, 1.82) is 0 Å². The van der Waals surface area contributed by atoms with Crippen LogP contribution in [-0.2, 0) is 16.1 Å². The Kier molecular flexibility index (Phi) is 5.51. The van der Waals surface area contributed by atoms with E-state index in [-0.39, 0.29) is 17.7 Å². The van der Waals surface area contributed by atoms with Crippen LogP contribution in [0.4, 0.5) is 5.69 Å². The number of amides is 2. The smallest absolute Gasteiger partial charge is 0.228 e. The van der Waals surface area contributed by atoms with Gasteiger partial charge in [-0.2, -0.15) is 0 Å². The fourth-order valence-electron chi connectivity index (χ4n) is 4.31. The Hall–Kier alpha value is -2.89. The number of carbonyl (C=O) groups is 2. The Bertz CT molecular complexity index is 891. The van der Waals surface area contributed by atoms with Crippen LogP contribution in [0.1, 0.15) is 23.1 Å². The number of hydrogen-bond acceptors (Lipinski definition) is 4. The van der Waals surface area contributed by atoms with Crippen molar-refractivity contribution < 1.29 is 9.59 Å². The molecule has 1 unspecified atom stereocenters. The third-order valence-electron chi connectivity index (χ3n) is 6.17. The topological polar surface area (TPSA) is 56.8 Å². The van der Waals surface area contributed by atoms with Crippen molar-refractivity contribution in [2.24, 2.45) is 5.92 Å². The summed E-state index contributed by atoms with van der Waals surface area (Å²) in [4.78, 5) is 35.6. The molecule has 0 radical (unpaired) electrons. The third-order valence-corrected chi connectivity index (χ3v) is 6.17. The Morgan fingerprint density at radius 3 is 2.62 bits per heavy atom. The second kappa shape index (κ2) is 8.23. The molecule has 0 spiro atoms. The summed E-state index contributed by atoms with van der Waals surface area (Å²) in [7, 11) is 0. The zero-order valence-corrected chi connectivity index (χ0v) is 17.2. The van der Waals surface area contributed by atoms with Crippen LogP contribution in [0, 0.1) is 19.8 Å². The summed E-state index contributed by atoms with van der Waals surface area (Å²) >= 11 is 0. The minimum absolute atomic E-state index is 0.0567. The lowest BCUT2D eigenvalue weighted by Gasteiger charge is -2.38. The molecule has 1 aromatic carbocycles. The van der Waals surface area contributed by atoms with Gasteiger partial charge in [-0.3, -0.25) is 14.6 Å². The van der Waals surface area contributed by atoms with Crippen LogP contribution in [0.3, 0.4) is 0 Å². The van der Waals surface area contributed by atoms with E-state index >= 15 is 0 Å². The van der Waals surface area contributed by atoms with Gasteiger partial charge in [0.1, 0.15) is 0 Å². The summed E-state index contributed by atoms with van der Waals surface area (Å²) in [6, 6.07) is 10.2. The van der Waals surface area contributed by atoms with Gasteiger partial charge in [0.15, 0.2) is 0 Å². The van der Waals surface area contributed by atoms with Gasteiger partial charge in [-0.05, 0) is 42.7 Å². The largest absolute Gasteiger partial charge is 0.368 e. The maximum Gasteiger partial charge on any atom is 0.228 e. The van der Waals surface area contributed by atoms with Crippen LogP contribution in [0.2, 0.25) is 0 Å². The molecule has 1 atom stereocenters. The highest BCUT2D eigenvalue weighted by Gasteiger charge is 2.37. The minimum Gasteiger partial charge on any atom is -0.368 e. The molecule has 0 bridgehead atoms. The zero-order valence-electron chi connectivity index (χ0n) is 17.2. The first kappa shape index (κ1) is 19.4. The van der Waals surface area contributed by atoms with Gasteiger partial charge in [-0.1, -0.05) is 18.2 Å². The first-order chi connectivity index (χ1) is 14.0. The number of piperazine rings is 1. The second-order valence-electron chi connectivity index (χ2n) is 8.07. The van der Waals surface area contributed by atoms with E-state index in [1.807, 2.05) is 17.0 Å². The molecule has 2 aliphatic rings. The Balaban J connectivity index is 1.34. The predicted octanol–water partition coefficient (Wildman–Crippen LogP) is 2.40. The van der Waals surface area contributed by atoms with Crippen molar-refractivity contribution in [3.8, 4) is 0 Å². The van der Waals surface area contributed by atoms with E-state index in [1.165, 1.54) is 16.8 Å². The molecule has 0 saturated carbocycles. The van der Waals surface area contributed by atoms with E-state index in [1.54, 1.807) is 17.3 Å². The van der Waals surface area contributed by atoms with Crippen LogP contribution in [0.25, 0.3) is 0 Å². The quantitative estimate of drug-likeness (QED) is 0.802. The molecule has 4 rings (SSSR count). The number of hydrogen-bond donors (Lipinski definition) is 0. The second-order valence-corrected chi connectivity index (χ2v) is 8.07. The van der Waals surface area contributed by atoms with Gasteiger partial charge in [0, 0.05) is 63.8 Å². The molecule has 0 aliphatic carbocycles. The van der Waals surface area contributed by atoms with E-state index < -0.39 is 0 Å². The number of rotatable bonds is 4. The lowest BCUT2D eigenvalue weighted by Crippen LogP contribution is -2.50. The molecule has 2 fully saturated rings. The molecule has 6 heteroatoms. The fourth-order valence-corrected chi connectivity index (χ4v) is 4.31. The van der Waals surface area contributed by atoms with Crippen LogP contribution in [-0.4, -0.2) is 59.3 Å². The molecule has 2 amide bonds. The minimum atomic E-state index is -0.230. The van der Waals surface area contributed by atoms with Gasteiger partial charge >= 0.3 is 0 Å². The van der Waals surface area contributed by atoms with Crippen LogP contribution in [0.15, 0.2) is 42.7 Å². The monoisotopic (exact) mass is 392 g/mol. The standard InChI is InChI=1S/C23H28N4O2/c1-17-5-3-7-21(18(17)2)25-9-11-26(12-10-25)23(29)20-13-22(28)27(16-20)15-19-6-4-8-24-14-19/h3-8,14,20H,9-13,15-16H2,1-2H3. The maximum absolute atomic E-state index is 13.0. The summed E-state index contributed by atoms with van der Waals surface area (Å²) in [6.07, 6.45) is 3.81. The average Bonchev–Trinajstić information content (AvgIpc) is 3.11. The van der Waals surface area contributed by atoms with Gasteiger partial charge in [-0.25, -0.2) is 0 Å². The molecule has 6 nitrogen and oxygen atoms in total. The van der Waals surface area contributed by atoms with E-state index in [0.29, 0.717) is 32.6 Å². The molecular weight excluding hydrogens is 364 g/mol. The average molecular weight is 393 g/mol. The van der Waals surface area contributed by atoms with Crippen LogP contribution < -0.4 is 4.90 Å². The van der Waals surface area contributed by atoms with Crippen molar-refractivity contribution in [2.75, 3.05) is 37.6 Å². The number of aromatic nitrogens is 1. The van der Waals surface area contributed by atoms with Gasteiger partial charge in [0.2, 0.25) is 11.8 Å². The zero-order chi connectivity index (χ0) is 20.4. The lowest BCUT2D eigenvalue weighted by atomic mass is 10.1. The summed E-state index contributed by atoms with van der Waals surface area (Å²) in [5.74, 6) is -0.0553. The number of nitrogens with zero attached hydrogens (tertiary/aromatic N) is 4. The lowest BCUT2D eigenvalue weighted by molar-refractivity contribution is -0.136. The molecule has 0 N–H and O–H groups in total. The first-order valence-electron chi connectivity index (χ1n) is 10.3. The number of benzene rings is 1. The molecular formula is C23H28N4O2. The Morgan fingerprint density at radius 2 is 1.90 bits per heavy atom. The van der Waals surface area contributed by atoms with Crippen molar-refractivity contribution >= 4 is 17.5 Å². The number of anilines is 1. The van der Waals surface area contributed by atoms with Gasteiger partial charge in [0.25, 0.3) is 0 Å².